The highest BCUT2D eigenvalue weighted by Gasteiger charge is 2.50. The molecule has 8 nitrogen and oxygen atoms in total. The second-order valence-corrected chi connectivity index (χ2v) is 13.5. The van der Waals surface area contributed by atoms with Crippen molar-refractivity contribution in [1.29, 1.82) is 0 Å². The predicted octanol–water partition coefficient (Wildman–Crippen LogP) is 4.46. The van der Waals surface area contributed by atoms with Crippen molar-refractivity contribution in [1.82, 2.24) is 4.98 Å². The first kappa shape index (κ1) is 24.4. The van der Waals surface area contributed by atoms with E-state index in [0.29, 0.717) is 41.0 Å². The lowest BCUT2D eigenvalue weighted by Gasteiger charge is -2.39. The molecule has 6 rings (SSSR count). The first-order valence-electron chi connectivity index (χ1n) is 12.8. The summed E-state index contributed by atoms with van der Waals surface area (Å²) in [5.74, 6) is -2.45. The molecule has 2 N–H and O–H groups in total. The molecule has 2 saturated heterocycles. The molecule has 3 heterocycles. The highest BCUT2D eigenvalue weighted by molar-refractivity contribution is 7.94. The standard InChI is InChI=1S/C26H31F2N5O3S/c1-24(7-8-24)37(35,36)31-18-5-6-19(20(15-18)32-13-11-25(9-10-25)12-14-32)23(34)30-21-3-2-4-22(29-21)33-16-26(27,28)17-33/h2-6,15,31H,7-14,16-17H2,1H3,(H,29,30,34). The van der Waals surface area contributed by atoms with Gasteiger partial charge in [0, 0.05) is 13.1 Å². The first-order valence-corrected chi connectivity index (χ1v) is 14.3. The molecule has 4 aliphatic rings. The van der Waals surface area contributed by atoms with Crippen LogP contribution in [0.1, 0.15) is 55.8 Å². The minimum atomic E-state index is -3.53. The summed E-state index contributed by atoms with van der Waals surface area (Å²) in [5.41, 5.74) is 1.96. The van der Waals surface area contributed by atoms with Crippen LogP contribution in [-0.4, -0.2) is 56.2 Å². The highest BCUT2D eigenvalue weighted by Crippen LogP contribution is 2.54. The molecule has 0 radical (unpaired) electrons. The van der Waals surface area contributed by atoms with Crippen LogP contribution in [0.3, 0.4) is 0 Å². The lowest BCUT2D eigenvalue weighted by molar-refractivity contribution is -0.0267. The molecule has 0 bridgehead atoms. The number of amides is 1. The average Bonchev–Trinajstić information content (AvgIpc) is 3.77. The van der Waals surface area contributed by atoms with E-state index in [2.05, 4.69) is 19.9 Å². The summed E-state index contributed by atoms with van der Waals surface area (Å²) in [6.07, 6.45) is 5.85. The van der Waals surface area contributed by atoms with Crippen LogP contribution in [0.25, 0.3) is 0 Å². The van der Waals surface area contributed by atoms with Crippen LogP contribution in [0.2, 0.25) is 0 Å². The molecular formula is C26H31F2N5O3S. The molecule has 2 aliphatic carbocycles. The summed E-state index contributed by atoms with van der Waals surface area (Å²) in [7, 11) is -3.53. The van der Waals surface area contributed by atoms with Gasteiger partial charge in [0.1, 0.15) is 11.6 Å². The number of halogens is 2. The number of carbonyl (C=O) groups excluding carboxylic acids is 1. The molecule has 37 heavy (non-hydrogen) atoms. The van der Waals surface area contributed by atoms with Gasteiger partial charge in [0.15, 0.2) is 0 Å². The Morgan fingerprint density at radius 2 is 1.68 bits per heavy atom. The van der Waals surface area contributed by atoms with Gasteiger partial charge < -0.3 is 15.1 Å². The monoisotopic (exact) mass is 531 g/mol. The summed E-state index contributed by atoms with van der Waals surface area (Å²) in [4.78, 5) is 21.4. The molecule has 2 saturated carbocycles. The van der Waals surface area contributed by atoms with Gasteiger partial charge in [-0.1, -0.05) is 6.07 Å². The van der Waals surface area contributed by atoms with E-state index < -0.39 is 33.8 Å². The third kappa shape index (κ3) is 4.73. The second kappa shape index (κ2) is 8.28. The average molecular weight is 532 g/mol. The van der Waals surface area contributed by atoms with Gasteiger partial charge in [-0.3, -0.25) is 9.52 Å². The van der Waals surface area contributed by atoms with E-state index in [1.807, 2.05) is 0 Å². The number of hydrogen-bond acceptors (Lipinski definition) is 6. The molecule has 198 valence electrons. The van der Waals surface area contributed by atoms with Gasteiger partial charge in [-0.05, 0) is 81.2 Å². The Morgan fingerprint density at radius 3 is 2.30 bits per heavy atom. The number of hydrogen-bond donors (Lipinski definition) is 2. The molecule has 1 spiro atoms. The lowest BCUT2D eigenvalue weighted by atomic mass is 9.93. The van der Waals surface area contributed by atoms with E-state index in [9.17, 15) is 22.0 Å². The van der Waals surface area contributed by atoms with Crippen LogP contribution in [0.15, 0.2) is 36.4 Å². The first-order chi connectivity index (χ1) is 17.5. The van der Waals surface area contributed by atoms with Crippen molar-refractivity contribution in [2.24, 2.45) is 5.41 Å². The molecular weight excluding hydrogens is 500 g/mol. The third-order valence-corrected chi connectivity index (χ3v) is 10.6. The number of nitrogens with zero attached hydrogens (tertiary/aromatic N) is 3. The number of anilines is 4. The quantitative estimate of drug-likeness (QED) is 0.548. The number of alkyl halides is 2. The Kier molecular flexibility index (Phi) is 5.46. The molecule has 1 aromatic carbocycles. The van der Waals surface area contributed by atoms with Crippen LogP contribution in [0, 0.1) is 5.41 Å². The molecule has 2 aromatic rings. The van der Waals surface area contributed by atoms with Crippen LogP contribution < -0.4 is 19.8 Å². The fourth-order valence-corrected chi connectivity index (χ4v) is 6.52. The van der Waals surface area contributed by atoms with E-state index >= 15 is 0 Å². The van der Waals surface area contributed by atoms with Gasteiger partial charge >= 0.3 is 0 Å². The van der Waals surface area contributed by atoms with Gasteiger partial charge in [-0.2, -0.15) is 0 Å². The minimum absolute atomic E-state index is 0.269. The summed E-state index contributed by atoms with van der Waals surface area (Å²) in [6.45, 7) is 2.54. The zero-order valence-electron chi connectivity index (χ0n) is 20.8. The lowest BCUT2D eigenvalue weighted by Crippen LogP contribution is -2.56. The molecule has 0 unspecified atom stereocenters. The molecule has 0 atom stereocenters. The van der Waals surface area contributed by atoms with Crippen LogP contribution in [0.5, 0.6) is 0 Å². The zero-order chi connectivity index (χ0) is 26.1. The van der Waals surface area contributed by atoms with Crippen molar-refractivity contribution >= 4 is 38.9 Å². The van der Waals surface area contributed by atoms with E-state index in [-0.39, 0.29) is 11.7 Å². The Balaban J connectivity index is 1.25. The topological polar surface area (TPSA) is 94.6 Å². The van der Waals surface area contributed by atoms with E-state index in [1.165, 1.54) is 17.7 Å². The van der Waals surface area contributed by atoms with Crippen molar-refractivity contribution in [2.75, 3.05) is 46.0 Å². The van der Waals surface area contributed by atoms with Gasteiger partial charge in [0.2, 0.25) is 10.0 Å². The number of nitrogens with one attached hydrogen (secondary N) is 2. The maximum Gasteiger partial charge on any atom is 0.282 e. The van der Waals surface area contributed by atoms with Gasteiger partial charge in [0.25, 0.3) is 11.8 Å². The number of aromatic nitrogens is 1. The van der Waals surface area contributed by atoms with E-state index in [1.54, 1.807) is 43.3 Å². The SMILES string of the molecule is CC1(S(=O)(=O)Nc2ccc(C(=O)Nc3cccc(N4CC(F)(F)C4)n3)c(N3CCC4(CC3)CC4)c2)CC1. The summed E-state index contributed by atoms with van der Waals surface area (Å²) in [5, 5.41) is 2.80. The number of rotatable bonds is 7. The second-order valence-electron chi connectivity index (χ2n) is 11.3. The molecule has 1 amide bonds. The van der Waals surface area contributed by atoms with E-state index in [0.717, 1.165) is 25.9 Å². The number of pyridine rings is 1. The normalized spacial score (nSPS) is 22.8. The number of carbonyl (C=O) groups is 1. The summed E-state index contributed by atoms with van der Waals surface area (Å²) in [6, 6.07) is 9.92. The maximum atomic E-state index is 13.4. The maximum absolute atomic E-state index is 13.4. The van der Waals surface area contributed by atoms with Crippen molar-refractivity contribution in [2.45, 2.75) is 56.1 Å². The van der Waals surface area contributed by atoms with Crippen LogP contribution in [-0.2, 0) is 10.0 Å². The van der Waals surface area contributed by atoms with Crippen molar-refractivity contribution in [3.05, 3.63) is 42.0 Å². The molecule has 11 heteroatoms. The largest absolute Gasteiger partial charge is 0.371 e. The summed E-state index contributed by atoms with van der Waals surface area (Å²) < 4.78 is 54.2. The van der Waals surface area contributed by atoms with Crippen molar-refractivity contribution in [3.63, 3.8) is 0 Å². The smallest absolute Gasteiger partial charge is 0.282 e. The Morgan fingerprint density at radius 1 is 0.973 bits per heavy atom. The minimum Gasteiger partial charge on any atom is -0.371 e. The van der Waals surface area contributed by atoms with Gasteiger partial charge in [0.05, 0.1) is 34.8 Å². The van der Waals surface area contributed by atoms with Crippen LogP contribution >= 0.6 is 0 Å². The molecule has 2 aliphatic heterocycles. The van der Waals surface area contributed by atoms with Gasteiger partial charge in [-0.15, -0.1) is 0 Å². The molecule has 1 aromatic heterocycles. The Bertz CT molecular complexity index is 1340. The van der Waals surface area contributed by atoms with Crippen LogP contribution in [0.4, 0.5) is 31.8 Å². The highest BCUT2D eigenvalue weighted by atomic mass is 32.2. The van der Waals surface area contributed by atoms with Gasteiger partial charge in [-0.25, -0.2) is 22.2 Å². The van der Waals surface area contributed by atoms with Crippen molar-refractivity contribution in [3.8, 4) is 0 Å². The number of piperidine rings is 1. The Hall–Kier alpha value is -2.95. The fourth-order valence-electron chi connectivity index (χ4n) is 5.20. The number of sulfonamides is 1. The predicted molar refractivity (Wildman–Crippen MR) is 139 cm³/mol. The number of benzene rings is 1. The summed E-state index contributed by atoms with van der Waals surface area (Å²) >= 11 is 0. The zero-order valence-corrected chi connectivity index (χ0v) is 21.6. The third-order valence-electron chi connectivity index (χ3n) is 8.36. The molecule has 4 fully saturated rings. The van der Waals surface area contributed by atoms with E-state index in [4.69, 9.17) is 0 Å². The fraction of sp³-hybridized carbons (Fsp3) is 0.538. The van der Waals surface area contributed by atoms with Crippen molar-refractivity contribution < 1.29 is 22.0 Å². The Labute approximate surface area is 215 Å².